The standard InChI is InChI=1S/C9H7BrF3NO/c10-8-5(12)3-4(11)7(9(8)13)6(15)1-2-14/h3H,1-2,14H2. The normalized spacial score (nSPS) is 10.5. The van der Waals surface area contributed by atoms with Gasteiger partial charge in [0, 0.05) is 12.5 Å². The maximum absolute atomic E-state index is 13.3. The number of carbonyl (C=O) groups is 1. The van der Waals surface area contributed by atoms with E-state index in [2.05, 4.69) is 15.9 Å². The lowest BCUT2D eigenvalue weighted by Gasteiger charge is -2.05. The lowest BCUT2D eigenvalue weighted by molar-refractivity contribution is 0.0977. The van der Waals surface area contributed by atoms with Crippen molar-refractivity contribution in [2.75, 3.05) is 6.54 Å². The van der Waals surface area contributed by atoms with Crippen molar-refractivity contribution in [1.29, 1.82) is 0 Å². The first-order chi connectivity index (χ1) is 6.99. The molecule has 0 atom stereocenters. The van der Waals surface area contributed by atoms with Crippen LogP contribution in [0, 0.1) is 17.5 Å². The SMILES string of the molecule is NCCC(=O)c1c(F)cc(F)c(Br)c1F. The van der Waals surface area contributed by atoms with Gasteiger partial charge in [-0.25, -0.2) is 13.2 Å². The average molecular weight is 282 g/mol. The van der Waals surface area contributed by atoms with Gasteiger partial charge < -0.3 is 5.73 Å². The summed E-state index contributed by atoms with van der Waals surface area (Å²) in [5.74, 6) is -4.32. The van der Waals surface area contributed by atoms with Crippen LogP contribution in [0.2, 0.25) is 0 Å². The van der Waals surface area contributed by atoms with E-state index in [9.17, 15) is 18.0 Å². The Kier molecular flexibility index (Phi) is 3.87. The fraction of sp³-hybridized carbons (Fsp3) is 0.222. The molecule has 0 aliphatic heterocycles. The quantitative estimate of drug-likeness (QED) is 0.525. The van der Waals surface area contributed by atoms with E-state index in [1.807, 2.05) is 0 Å². The Labute approximate surface area is 92.4 Å². The average Bonchev–Trinajstić information content (AvgIpc) is 2.15. The molecule has 82 valence electrons. The molecule has 0 bridgehead atoms. The fourth-order valence-electron chi connectivity index (χ4n) is 1.08. The monoisotopic (exact) mass is 281 g/mol. The van der Waals surface area contributed by atoms with Crippen LogP contribution < -0.4 is 5.73 Å². The lowest BCUT2D eigenvalue weighted by Crippen LogP contribution is -2.12. The van der Waals surface area contributed by atoms with Crippen LogP contribution in [0.4, 0.5) is 13.2 Å². The number of halogens is 4. The van der Waals surface area contributed by atoms with E-state index in [-0.39, 0.29) is 13.0 Å². The van der Waals surface area contributed by atoms with Crippen LogP contribution in [-0.2, 0) is 0 Å². The number of hydrogen-bond acceptors (Lipinski definition) is 2. The van der Waals surface area contributed by atoms with Gasteiger partial charge in [0.2, 0.25) is 0 Å². The summed E-state index contributed by atoms with van der Waals surface area (Å²) in [6.07, 6.45) is -0.189. The molecule has 0 aliphatic rings. The second-order valence-corrected chi connectivity index (χ2v) is 3.60. The molecule has 0 aliphatic carbocycles. The van der Waals surface area contributed by atoms with Crippen LogP contribution in [0.1, 0.15) is 16.8 Å². The molecule has 1 rings (SSSR count). The van der Waals surface area contributed by atoms with Crippen molar-refractivity contribution < 1.29 is 18.0 Å². The molecule has 0 radical (unpaired) electrons. The maximum Gasteiger partial charge on any atom is 0.170 e. The van der Waals surface area contributed by atoms with Gasteiger partial charge in [-0.05, 0) is 22.5 Å². The van der Waals surface area contributed by atoms with E-state index < -0.39 is 33.3 Å². The van der Waals surface area contributed by atoms with Crippen LogP contribution in [0.25, 0.3) is 0 Å². The number of Topliss-reactive ketones (excluding diaryl/α,β-unsaturated/α-hetero) is 1. The van der Waals surface area contributed by atoms with Gasteiger partial charge >= 0.3 is 0 Å². The van der Waals surface area contributed by atoms with E-state index in [1.54, 1.807) is 0 Å². The molecule has 0 saturated carbocycles. The van der Waals surface area contributed by atoms with E-state index >= 15 is 0 Å². The summed E-state index contributed by atoms with van der Waals surface area (Å²) in [5, 5.41) is 0. The molecule has 0 saturated heterocycles. The van der Waals surface area contributed by atoms with Crippen molar-refractivity contribution in [3.05, 3.63) is 33.6 Å². The first-order valence-corrected chi connectivity index (χ1v) is 4.84. The molecule has 15 heavy (non-hydrogen) atoms. The van der Waals surface area contributed by atoms with Crippen LogP contribution in [0.5, 0.6) is 0 Å². The first-order valence-electron chi connectivity index (χ1n) is 4.05. The number of benzene rings is 1. The Morgan fingerprint density at radius 1 is 1.33 bits per heavy atom. The third kappa shape index (κ3) is 2.38. The molecule has 0 unspecified atom stereocenters. The number of nitrogens with two attached hydrogens (primary N) is 1. The van der Waals surface area contributed by atoms with Gasteiger partial charge in [0.05, 0.1) is 10.0 Å². The van der Waals surface area contributed by atoms with Gasteiger partial charge in [0.15, 0.2) is 11.6 Å². The molecule has 1 aromatic rings. The summed E-state index contributed by atoms with van der Waals surface area (Å²) in [5.41, 5.74) is 4.33. The zero-order valence-electron chi connectivity index (χ0n) is 7.49. The number of rotatable bonds is 3. The van der Waals surface area contributed by atoms with Crippen LogP contribution in [0.15, 0.2) is 10.5 Å². The Balaban J connectivity index is 3.29. The van der Waals surface area contributed by atoms with E-state index in [4.69, 9.17) is 5.73 Å². The highest BCUT2D eigenvalue weighted by molar-refractivity contribution is 9.10. The summed E-state index contributed by atoms with van der Waals surface area (Å²) >= 11 is 2.58. The second-order valence-electron chi connectivity index (χ2n) is 2.81. The van der Waals surface area contributed by atoms with Crippen molar-refractivity contribution in [1.82, 2.24) is 0 Å². The van der Waals surface area contributed by atoms with Gasteiger partial charge in [-0.15, -0.1) is 0 Å². The van der Waals surface area contributed by atoms with Crippen molar-refractivity contribution in [3.63, 3.8) is 0 Å². The van der Waals surface area contributed by atoms with Gasteiger partial charge in [0.25, 0.3) is 0 Å². The van der Waals surface area contributed by atoms with E-state index in [0.29, 0.717) is 6.07 Å². The van der Waals surface area contributed by atoms with Crippen molar-refractivity contribution in [2.24, 2.45) is 5.73 Å². The van der Waals surface area contributed by atoms with Gasteiger partial charge in [-0.1, -0.05) is 0 Å². The fourth-order valence-corrected chi connectivity index (χ4v) is 1.39. The summed E-state index contributed by atoms with van der Waals surface area (Å²) in [4.78, 5) is 11.2. The van der Waals surface area contributed by atoms with Crippen molar-refractivity contribution in [2.45, 2.75) is 6.42 Å². The molecular formula is C9H7BrF3NO. The molecule has 6 heteroatoms. The van der Waals surface area contributed by atoms with Crippen molar-refractivity contribution >= 4 is 21.7 Å². The largest absolute Gasteiger partial charge is 0.330 e. The van der Waals surface area contributed by atoms with Crippen molar-refractivity contribution in [3.8, 4) is 0 Å². The van der Waals surface area contributed by atoms with Gasteiger partial charge in [-0.2, -0.15) is 0 Å². The highest BCUT2D eigenvalue weighted by atomic mass is 79.9. The molecule has 0 spiro atoms. The van der Waals surface area contributed by atoms with Crippen LogP contribution >= 0.6 is 15.9 Å². The molecule has 2 nitrogen and oxygen atoms in total. The molecule has 2 N–H and O–H groups in total. The Morgan fingerprint density at radius 3 is 2.47 bits per heavy atom. The first kappa shape index (κ1) is 12.2. The smallest absolute Gasteiger partial charge is 0.170 e. The molecule has 0 heterocycles. The zero-order valence-corrected chi connectivity index (χ0v) is 9.08. The topological polar surface area (TPSA) is 43.1 Å². The summed E-state index contributed by atoms with van der Waals surface area (Å²) in [6.45, 7) is -0.0211. The minimum absolute atomic E-state index is 0.0211. The third-order valence-electron chi connectivity index (χ3n) is 1.76. The highest BCUT2D eigenvalue weighted by Crippen LogP contribution is 2.25. The molecule has 0 amide bonds. The Hall–Kier alpha value is -0.880. The second kappa shape index (κ2) is 4.76. The van der Waals surface area contributed by atoms with E-state index in [0.717, 1.165) is 0 Å². The number of hydrogen-bond donors (Lipinski definition) is 1. The minimum Gasteiger partial charge on any atom is -0.330 e. The molecular weight excluding hydrogens is 275 g/mol. The number of carbonyl (C=O) groups excluding carboxylic acids is 1. The predicted molar refractivity (Wildman–Crippen MR) is 52.0 cm³/mol. The van der Waals surface area contributed by atoms with Gasteiger partial charge in [-0.3, -0.25) is 4.79 Å². The molecule has 0 fully saturated rings. The molecule has 1 aromatic carbocycles. The Morgan fingerprint density at radius 2 is 1.93 bits per heavy atom. The summed E-state index contributed by atoms with van der Waals surface area (Å²) in [6, 6.07) is 0.455. The van der Waals surface area contributed by atoms with Gasteiger partial charge in [0.1, 0.15) is 11.6 Å². The number of ketones is 1. The van der Waals surface area contributed by atoms with Crippen LogP contribution in [-0.4, -0.2) is 12.3 Å². The van der Waals surface area contributed by atoms with Crippen LogP contribution in [0.3, 0.4) is 0 Å². The maximum atomic E-state index is 13.3. The minimum atomic E-state index is -1.23. The van der Waals surface area contributed by atoms with E-state index in [1.165, 1.54) is 0 Å². The summed E-state index contributed by atoms with van der Waals surface area (Å²) in [7, 11) is 0. The molecule has 0 aromatic heterocycles. The lowest BCUT2D eigenvalue weighted by atomic mass is 10.1. The third-order valence-corrected chi connectivity index (χ3v) is 2.49. The Bertz CT molecular complexity index is 409. The summed E-state index contributed by atoms with van der Waals surface area (Å²) < 4.78 is 38.7. The zero-order chi connectivity index (χ0) is 11.6. The highest BCUT2D eigenvalue weighted by Gasteiger charge is 2.21. The predicted octanol–water partition coefficient (Wildman–Crippen LogP) is 2.40.